The molecule has 3 N–H and O–H groups in total. The van der Waals surface area contributed by atoms with Gasteiger partial charge in [0.05, 0.1) is 12.1 Å². The van der Waals surface area contributed by atoms with Crippen LogP contribution in [-0.2, 0) is 19.4 Å². The third-order valence-electron chi connectivity index (χ3n) is 6.92. The van der Waals surface area contributed by atoms with Crippen LogP contribution in [0.3, 0.4) is 0 Å². The number of aryl methyl sites for hydroxylation is 2. The molecule has 0 saturated carbocycles. The number of hydrogen-bond acceptors (Lipinski definition) is 4. The van der Waals surface area contributed by atoms with Crippen LogP contribution < -0.4 is 10.6 Å². The van der Waals surface area contributed by atoms with Crippen molar-refractivity contribution >= 4 is 11.8 Å². The predicted molar refractivity (Wildman–Crippen MR) is 153 cm³/mol. The molecule has 0 aromatic heterocycles. The van der Waals surface area contributed by atoms with E-state index in [0.29, 0.717) is 17.7 Å². The zero-order chi connectivity index (χ0) is 29.4. The lowest BCUT2D eigenvalue weighted by molar-refractivity contribution is 0.0754. The van der Waals surface area contributed by atoms with Crippen LogP contribution in [0.4, 0.5) is 8.78 Å². The second kappa shape index (κ2) is 14.1. The van der Waals surface area contributed by atoms with E-state index in [4.69, 9.17) is 0 Å². The molecule has 0 fully saturated rings. The Morgan fingerprint density at radius 3 is 2.23 bits per heavy atom. The van der Waals surface area contributed by atoms with Crippen LogP contribution in [0.5, 0.6) is 0 Å². The van der Waals surface area contributed by atoms with Gasteiger partial charge in [0.25, 0.3) is 11.8 Å². The summed E-state index contributed by atoms with van der Waals surface area (Å²) in [6.45, 7) is 8.31. The summed E-state index contributed by atoms with van der Waals surface area (Å²) < 4.78 is 27.8. The van der Waals surface area contributed by atoms with Crippen LogP contribution >= 0.6 is 0 Å². The molecule has 0 unspecified atom stereocenters. The Morgan fingerprint density at radius 1 is 0.925 bits per heavy atom. The highest BCUT2D eigenvalue weighted by molar-refractivity contribution is 6.00. The molecule has 2 amide bonds. The Labute approximate surface area is 235 Å². The summed E-state index contributed by atoms with van der Waals surface area (Å²) >= 11 is 0. The highest BCUT2D eigenvalue weighted by Gasteiger charge is 2.24. The second-order valence-corrected chi connectivity index (χ2v) is 10.5. The number of carbonyl (C=O) groups is 2. The Kier molecular flexibility index (Phi) is 10.9. The maximum Gasteiger partial charge on any atom is 0.253 e. The number of amides is 2. The molecule has 0 saturated heterocycles. The largest absolute Gasteiger partial charge is 0.390 e. The summed E-state index contributed by atoms with van der Waals surface area (Å²) in [5.74, 6) is -2.18. The fraction of sp³-hybridized carbons (Fsp3) is 0.375. The van der Waals surface area contributed by atoms with E-state index in [1.165, 1.54) is 23.8 Å². The molecule has 6 nitrogen and oxygen atoms in total. The van der Waals surface area contributed by atoms with Crippen LogP contribution in [0.1, 0.15) is 63.7 Å². The third-order valence-corrected chi connectivity index (χ3v) is 6.92. The third kappa shape index (κ3) is 8.69. The first-order valence-corrected chi connectivity index (χ1v) is 13.6. The van der Waals surface area contributed by atoms with Crippen molar-refractivity contribution in [2.75, 3.05) is 13.6 Å². The van der Waals surface area contributed by atoms with Gasteiger partial charge >= 0.3 is 0 Å². The Morgan fingerprint density at radius 2 is 1.57 bits per heavy atom. The average molecular weight is 552 g/mol. The zero-order valence-electron chi connectivity index (χ0n) is 23.8. The van der Waals surface area contributed by atoms with Gasteiger partial charge in [-0.2, -0.15) is 0 Å². The quantitative estimate of drug-likeness (QED) is 0.302. The van der Waals surface area contributed by atoms with Gasteiger partial charge in [0.15, 0.2) is 0 Å². The van der Waals surface area contributed by atoms with Crippen LogP contribution in [-0.4, -0.2) is 53.6 Å². The van der Waals surface area contributed by atoms with Crippen molar-refractivity contribution in [2.45, 2.75) is 65.3 Å². The van der Waals surface area contributed by atoms with Crippen molar-refractivity contribution in [1.82, 2.24) is 15.5 Å². The van der Waals surface area contributed by atoms with Crippen molar-refractivity contribution in [3.8, 4) is 0 Å². The Hall–Kier alpha value is -3.62. The highest BCUT2D eigenvalue weighted by atomic mass is 19.1. The summed E-state index contributed by atoms with van der Waals surface area (Å²) in [7, 11) is 1.70. The van der Waals surface area contributed by atoms with Gasteiger partial charge in [0.2, 0.25) is 0 Å². The van der Waals surface area contributed by atoms with Gasteiger partial charge in [-0.05, 0) is 86.2 Å². The van der Waals surface area contributed by atoms with E-state index >= 15 is 0 Å². The van der Waals surface area contributed by atoms with Crippen molar-refractivity contribution in [2.24, 2.45) is 0 Å². The number of carbonyl (C=O) groups excluding carboxylic acids is 2. The van der Waals surface area contributed by atoms with Gasteiger partial charge in [0.1, 0.15) is 11.6 Å². The molecule has 0 aliphatic rings. The molecule has 0 bridgehead atoms. The van der Waals surface area contributed by atoms with Gasteiger partial charge in [-0.1, -0.05) is 31.2 Å². The minimum atomic E-state index is -1.07. The number of rotatable bonds is 12. The molecule has 8 heteroatoms. The Balaban J connectivity index is 1.80. The number of benzene rings is 3. The molecular weight excluding hydrogens is 512 g/mol. The molecule has 214 valence electrons. The molecular formula is C32H39F2N3O3. The van der Waals surface area contributed by atoms with Crippen LogP contribution in [0.2, 0.25) is 0 Å². The molecule has 0 aliphatic carbocycles. The van der Waals surface area contributed by atoms with Gasteiger partial charge in [-0.3, -0.25) is 9.59 Å². The minimum Gasteiger partial charge on any atom is -0.390 e. The number of aliphatic hydroxyl groups is 1. The second-order valence-electron chi connectivity index (χ2n) is 10.5. The molecule has 3 rings (SSSR count). The van der Waals surface area contributed by atoms with E-state index in [9.17, 15) is 23.5 Å². The predicted octanol–water partition coefficient (Wildman–Crippen LogP) is 4.81. The first-order chi connectivity index (χ1) is 19.0. The number of nitrogens with zero attached hydrogens (tertiary/aromatic N) is 1. The summed E-state index contributed by atoms with van der Waals surface area (Å²) in [6.07, 6.45) is -0.153. The number of aliphatic hydroxyl groups excluding tert-OH is 1. The van der Waals surface area contributed by atoms with E-state index < -0.39 is 29.7 Å². The molecule has 0 aliphatic heterocycles. The summed E-state index contributed by atoms with van der Waals surface area (Å²) in [6, 6.07) is 15.3. The maximum atomic E-state index is 13.9. The molecule has 40 heavy (non-hydrogen) atoms. The first-order valence-electron chi connectivity index (χ1n) is 13.6. The summed E-state index contributed by atoms with van der Waals surface area (Å²) in [5.41, 5.74) is 3.93. The van der Waals surface area contributed by atoms with E-state index in [2.05, 4.69) is 23.6 Å². The van der Waals surface area contributed by atoms with E-state index in [1.807, 2.05) is 32.0 Å². The summed E-state index contributed by atoms with van der Waals surface area (Å²) in [5, 5.41) is 17.1. The smallest absolute Gasteiger partial charge is 0.253 e. The van der Waals surface area contributed by atoms with Gasteiger partial charge in [-0.15, -0.1) is 0 Å². The maximum absolute atomic E-state index is 13.9. The normalized spacial score (nSPS) is 12.7. The van der Waals surface area contributed by atoms with Gasteiger partial charge < -0.3 is 20.6 Å². The lowest BCUT2D eigenvalue weighted by Gasteiger charge is -2.25. The van der Waals surface area contributed by atoms with Crippen molar-refractivity contribution in [3.63, 3.8) is 0 Å². The molecule has 0 spiro atoms. The first kappa shape index (κ1) is 30.9. The van der Waals surface area contributed by atoms with Gasteiger partial charge in [-0.25, -0.2) is 8.78 Å². The molecule has 0 heterocycles. The van der Waals surface area contributed by atoms with Crippen LogP contribution in [0.15, 0.2) is 60.7 Å². The molecule has 3 aromatic rings. The highest BCUT2D eigenvalue weighted by Crippen LogP contribution is 2.16. The van der Waals surface area contributed by atoms with Crippen molar-refractivity contribution in [3.05, 3.63) is 106 Å². The van der Waals surface area contributed by atoms with Crippen molar-refractivity contribution < 1.29 is 23.5 Å². The van der Waals surface area contributed by atoms with Crippen molar-refractivity contribution in [1.29, 1.82) is 0 Å². The fourth-order valence-electron chi connectivity index (χ4n) is 4.46. The SMILES string of the molecule is CCc1cccc(CNC[C@@H](O)[C@H](Cc2cc(F)cc(F)c2)NC(=O)c2cc(C)cc(C(=O)N(C)C(C)C)c2)c1. The Bertz CT molecular complexity index is 1310. The number of nitrogens with one attached hydrogen (secondary N) is 2. The lowest BCUT2D eigenvalue weighted by Crippen LogP contribution is -2.48. The van der Waals surface area contributed by atoms with Crippen LogP contribution in [0, 0.1) is 18.6 Å². The van der Waals surface area contributed by atoms with Gasteiger partial charge in [0, 0.05) is 43.4 Å². The van der Waals surface area contributed by atoms with Crippen LogP contribution in [0.25, 0.3) is 0 Å². The topological polar surface area (TPSA) is 81.7 Å². The van der Waals surface area contributed by atoms with E-state index in [1.54, 1.807) is 31.0 Å². The molecule has 0 radical (unpaired) electrons. The fourth-order valence-corrected chi connectivity index (χ4v) is 4.46. The minimum absolute atomic E-state index is 0.00226. The molecule has 3 aromatic carbocycles. The average Bonchev–Trinajstić information content (AvgIpc) is 2.90. The van der Waals surface area contributed by atoms with E-state index in [-0.39, 0.29) is 30.5 Å². The zero-order valence-corrected chi connectivity index (χ0v) is 23.8. The monoisotopic (exact) mass is 551 g/mol. The standard InChI is InChI=1S/C32H39F2N3O3/c1-6-22-8-7-9-23(12-22)18-35-19-30(38)29(15-24-13-27(33)17-28(34)14-24)36-31(39)25-10-21(4)11-26(16-25)32(40)37(5)20(2)3/h7-14,16-17,20,29-30,35,38H,6,15,18-19H2,1-5H3,(H,36,39)/t29-,30+/m0/s1. The van der Waals surface area contributed by atoms with E-state index in [0.717, 1.165) is 23.6 Å². The lowest BCUT2D eigenvalue weighted by atomic mass is 9.99. The number of hydrogen-bond donors (Lipinski definition) is 3. The summed E-state index contributed by atoms with van der Waals surface area (Å²) in [4.78, 5) is 27.9. The number of halogens is 2. The molecule has 2 atom stereocenters.